The predicted molar refractivity (Wildman–Crippen MR) is 127 cm³/mol. The van der Waals surface area contributed by atoms with Crippen LogP contribution in [-0.4, -0.2) is 54.0 Å². The van der Waals surface area contributed by atoms with Crippen LogP contribution in [0.25, 0.3) is 0 Å². The Balaban J connectivity index is 2.24. The molecule has 0 saturated heterocycles. The first kappa shape index (κ1) is 26.9. The lowest BCUT2D eigenvalue weighted by atomic mass is 10.0. The summed E-state index contributed by atoms with van der Waals surface area (Å²) in [6, 6.07) is 14.6. The van der Waals surface area contributed by atoms with Gasteiger partial charge in [-0.05, 0) is 17.5 Å². The number of carbonyl (C=O) groups is 3. The molecule has 0 spiro atoms. The summed E-state index contributed by atoms with van der Waals surface area (Å²) in [5.74, 6) is -2.09. The standard InChI is InChI=1S/C23H25Cl3N2O5/c1-32-21(30)17(13-15-9-5-3-6-10-15)27-19(23(24,25)26)20(29)28-18(22(31)33-2)14-16-11-7-4-8-12-16/h3-12,17-19,27H,13-14H2,1-2H3,(H,28,29)/t17-,18-,19-/m1/s1. The molecule has 0 saturated carbocycles. The summed E-state index contributed by atoms with van der Waals surface area (Å²) in [5.41, 5.74) is 1.60. The van der Waals surface area contributed by atoms with E-state index in [0.717, 1.165) is 11.1 Å². The van der Waals surface area contributed by atoms with Crippen molar-refractivity contribution in [2.45, 2.75) is 34.8 Å². The average molecular weight is 516 g/mol. The Labute approximate surface area is 207 Å². The number of alkyl halides is 3. The first-order valence-electron chi connectivity index (χ1n) is 10.0. The van der Waals surface area contributed by atoms with Crippen LogP contribution in [0.3, 0.4) is 0 Å². The van der Waals surface area contributed by atoms with Gasteiger partial charge < -0.3 is 14.8 Å². The number of amides is 1. The van der Waals surface area contributed by atoms with Crippen LogP contribution in [0.5, 0.6) is 0 Å². The highest BCUT2D eigenvalue weighted by Crippen LogP contribution is 2.31. The second-order valence-electron chi connectivity index (χ2n) is 7.18. The highest BCUT2D eigenvalue weighted by atomic mass is 35.6. The third-order valence-electron chi connectivity index (χ3n) is 4.81. The van der Waals surface area contributed by atoms with Gasteiger partial charge in [0.15, 0.2) is 0 Å². The number of benzene rings is 2. The maximum absolute atomic E-state index is 13.1. The molecular formula is C23H25Cl3N2O5. The number of ether oxygens (including phenoxy) is 2. The van der Waals surface area contributed by atoms with E-state index in [1.165, 1.54) is 14.2 Å². The van der Waals surface area contributed by atoms with E-state index in [1.807, 2.05) is 48.5 Å². The van der Waals surface area contributed by atoms with Crippen molar-refractivity contribution in [3.63, 3.8) is 0 Å². The summed E-state index contributed by atoms with van der Waals surface area (Å²) in [4.78, 5) is 37.8. The van der Waals surface area contributed by atoms with E-state index in [4.69, 9.17) is 44.3 Å². The zero-order valence-electron chi connectivity index (χ0n) is 18.1. The molecular weight excluding hydrogens is 491 g/mol. The van der Waals surface area contributed by atoms with Gasteiger partial charge in [-0.15, -0.1) is 0 Å². The first-order chi connectivity index (χ1) is 15.7. The Morgan fingerprint density at radius 3 is 1.64 bits per heavy atom. The van der Waals surface area contributed by atoms with Crippen molar-refractivity contribution in [3.05, 3.63) is 71.8 Å². The Bertz CT molecular complexity index is 923. The van der Waals surface area contributed by atoms with Crippen molar-refractivity contribution in [3.8, 4) is 0 Å². The molecule has 0 bridgehead atoms. The minimum Gasteiger partial charge on any atom is -0.468 e. The molecule has 2 aromatic carbocycles. The van der Waals surface area contributed by atoms with E-state index in [-0.39, 0.29) is 12.8 Å². The summed E-state index contributed by atoms with van der Waals surface area (Å²) in [5, 5.41) is 5.35. The number of methoxy groups -OCH3 is 2. The lowest BCUT2D eigenvalue weighted by Crippen LogP contribution is -2.59. The fraction of sp³-hybridized carbons (Fsp3) is 0.348. The lowest BCUT2D eigenvalue weighted by molar-refractivity contribution is -0.146. The monoisotopic (exact) mass is 514 g/mol. The SMILES string of the molecule is COC(=O)[C@@H](Cc1ccccc1)NC(=O)[C@@H](N[C@H](Cc1ccccc1)C(=O)OC)C(Cl)(Cl)Cl. The normalized spacial score (nSPS) is 14.0. The molecule has 0 aliphatic rings. The van der Waals surface area contributed by atoms with E-state index in [0.29, 0.717) is 0 Å². The first-order valence-corrected chi connectivity index (χ1v) is 11.2. The predicted octanol–water partition coefficient (Wildman–Crippen LogP) is 3.00. The summed E-state index contributed by atoms with van der Waals surface area (Å²) in [7, 11) is 2.43. The molecule has 3 atom stereocenters. The zero-order valence-corrected chi connectivity index (χ0v) is 20.4. The molecule has 0 heterocycles. The molecule has 0 aliphatic heterocycles. The maximum atomic E-state index is 13.1. The number of hydrogen-bond acceptors (Lipinski definition) is 6. The van der Waals surface area contributed by atoms with Crippen LogP contribution >= 0.6 is 34.8 Å². The summed E-state index contributed by atoms with van der Waals surface area (Å²) >= 11 is 18.3. The highest BCUT2D eigenvalue weighted by Gasteiger charge is 2.42. The van der Waals surface area contributed by atoms with Crippen molar-refractivity contribution in [2.75, 3.05) is 14.2 Å². The van der Waals surface area contributed by atoms with Crippen LogP contribution in [0.1, 0.15) is 11.1 Å². The van der Waals surface area contributed by atoms with Crippen LogP contribution in [-0.2, 0) is 36.7 Å². The van der Waals surface area contributed by atoms with Crippen LogP contribution in [0.2, 0.25) is 0 Å². The molecule has 33 heavy (non-hydrogen) atoms. The fourth-order valence-corrected chi connectivity index (χ4v) is 3.65. The van der Waals surface area contributed by atoms with Gasteiger partial charge in [0.05, 0.1) is 14.2 Å². The summed E-state index contributed by atoms with van der Waals surface area (Å²) < 4.78 is 7.54. The second kappa shape index (κ2) is 12.8. The molecule has 0 aromatic heterocycles. The van der Waals surface area contributed by atoms with Gasteiger partial charge in [0.2, 0.25) is 9.70 Å². The number of halogens is 3. The smallest absolute Gasteiger partial charge is 0.328 e. The Morgan fingerprint density at radius 1 is 0.788 bits per heavy atom. The Hall–Kier alpha value is -2.32. The van der Waals surface area contributed by atoms with Gasteiger partial charge in [-0.25, -0.2) is 4.79 Å². The molecule has 7 nitrogen and oxygen atoms in total. The third kappa shape index (κ3) is 8.51. The lowest BCUT2D eigenvalue weighted by Gasteiger charge is -2.29. The minimum atomic E-state index is -2.14. The van der Waals surface area contributed by atoms with Crippen molar-refractivity contribution >= 4 is 52.6 Å². The number of esters is 2. The number of rotatable bonds is 10. The Morgan fingerprint density at radius 2 is 1.21 bits per heavy atom. The molecule has 2 N–H and O–H groups in total. The Kier molecular flexibility index (Phi) is 10.4. The van der Waals surface area contributed by atoms with Gasteiger partial charge in [-0.1, -0.05) is 95.5 Å². The second-order valence-corrected chi connectivity index (χ2v) is 9.55. The van der Waals surface area contributed by atoms with E-state index >= 15 is 0 Å². The molecule has 1 amide bonds. The summed E-state index contributed by atoms with van der Waals surface area (Å²) in [6.45, 7) is 0. The summed E-state index contributed by atoms with van der Waals surface area (Å²) in [6.07, 6.45) is 0.346. The largest absolute Gasteiger partial charge is 0.468 e. The van der Waals surface area contributed by atoms with Crippen LogP contribution in [0.4, 0.5) is 0 Å². The fourth-order valence-electron chi connectivity index (χ4n) is 3.16. The number of nitrogens with one attached hydrogen (secondary N) is 2. The van der Waals surface area contributed by atoms with Crippen LogP contribution in [0, 0.1) is 0 Å². The van der Waals surface area contributed by atoms with Gasteiger partial charge in [-0.2, -0.15) is 0 Å². The van der Waals surface area contributed by atoms with Gasteiger partial charge in [0, 0.05) is 6.42 Å². The van der Waals surface area contributed by atoms with Gasteiger partial charge in [0.1, 0.15) is 18.1 Å². The molecule has 2 rings (SSSR count). The van der Waals surface area contributed by atoms with Crippen molar-refractivity contribution in [1.29, 1.82) is 0 Å². The highest BCUT2D eigenvalue weighted by molar-refractivity contribution is 6.69. The zero-order chi connectivity index (χ0) is 24.4. The van der Waals surface area contributed by atoms with E-state index in [9.17, 15) is 14.4 Å². The minimum absolute atomic E-state index is 0.163. The van der Waals surface area contributed by atoms with E-state index in [1.54, 1.807) is 12.1 Å². The van der Waals surface area contributed by atoms with Crippen molar-refractivity contribution in [1.82, 2.24) is 10.6 Å². The molecule has 178 valence electrons. The molecule has 10 heteroatoms. The maximum Gasteiger partial charge on any atom is 0.328 e. The van der Waals surface area contributed by atoms with Gasteiger partial charge in [-0.3, -0.25) is 14.9 Å². The van der Waals surface area contributed by atoms with Crippen molar-refractivity contribution in [2.24, 2.45) is 0 Å². The van der Waals surface area contributed by atoms with Gasteiger partial charge >= 0.3 is 11.9 Å². The van der Waals surface area contributed by atoms with Crippen LogP contribution in [0.15, 0.2) is 60.7 Å². The molecule has 0 radical (unpaired) electrons. The van der Waals surface area contributed by atoms with Crippen molar-refractivity contribution < 1.29 is 23.9 Å². The van der Waals surface area contributed by atoms with E-state index in [2.05, 4.69) is 10.6 Å². The van der Waals surface area contributed by atoms with E-state index < -0.39 is 39.8 Å². The molecule has 0 aliphatic carbocycles. The average Bonchev–Trinajstić information content (AvgIpc) is 2.80. The number of hydrogen-bond donors (Lipinski definition) is 2. The molecule has 0 unspecified atom stereocenters. The van der Waals surface area contributed by atoms with Gasteiger partial charge in [0.25, 0.3) is 0 Å². The topological polar surface area (TPSA) is 93.7 Å². The molecule has 0 fully saturated rings. The van der Waals surface area contributed by atoms with Crippen LogP contribution < -0.4 is 10.6 Å². The third-order valence-corrected chi connectivity index (χ3v) is 5.47. The molecule has 2 aromatic rings. The quantitative estimate of drug-likeness (QED) is 0.373. The number of carbonyl (C=O) groups excluding carboxylic acids is 3.